The summed E-state index contributed by atoms with van der Waals surface area (Å²) in [5.74, 6) is -0.202. The van der Waals surface area contributed by atoms with Crippen LogP contribution in [0.15, 0.2) is 30.3 Å². The smallest absolute Gasteiger partial charge is 1.00 e. The van der Waals surface area contributed by atoms with Crippen molar-refractivity contribution in [3.8, 4) is 0 Å². The van der Waals surface area contributed by atoms with Crippen molar-refractivity contribution in [1.29, 1.82) is 0 Å². The van der Waals surface area contributed by atoms with E-state index in [2.05, 4.69) is 6.92 Å². The number of hydrogen-bond donors (Lipinski definition) is 0. The van der Waals surface area contributed by atoms with Crippen molar-refractivity contribution in [2.45, 2.75) is 71.1 Å². The van der Waals surface area contributed by atoms with Crippen molar-refractivity contribution in [2.24, 2.45) is 0 Å². The molecule has 0 aromatic heterocycles. The van der Waals surface area contributed by atoms with Gasteiger partial charge in [-0.25, -0.2) is 4.79 Å². The summed E-state index contributed by atoms with van der Waals surface area (Å²) in [6, 6.07) is 9.20. The Balaban J connectivity index is 0. The number of ether oxygens (including phenoxy) is 1. The molecule has 0 atom stereocenters. The molecule has 22 heavy (non-hydrogen) atoms. The van der Waals surface area contributed by atoms with Gasteiger partial charge in [0, 0.05) is 0 Å². The van der Waals surface area contributed by atoms with Crippen molar-refractivity contribution < 1.29 is 29.8 Å². The summed E-state index contributed by atoms with van der Waals surface area (Å²) < 4.78 is 5.26. The number of benzene rings is 1. The maximum absolute atomic E-state index is 11.7. The first kappa shape index (κ1) is 21.3. The number of rotatable bonds is 12. The molecule has 0 spiro atoms. The van der Waals surface area contributed by atoms with Gasteiger partial charge in [0.1, 0.15) is 0 Å². The van der Waals surface area contributed by atoms with Gasteiger partial charge in [0.05, 0.1) is 12.2 Å². The fraction of sp³-hybridized carbons (Fsp3) is 0.632. The normalized spacial score (nSPS) is 10.0. The molecule has 0 bridgehead atoms. The molecule has 0 saturated heterocycles. The molecular formula is C19H31LiO2. The molecule has 0 N–H and O–H groups in total. The van der Waals surface area contributed by atoms with Gasteiger partial charge in [-0.05, 0) is 18.6 Å². The molecule has 0 radical (unpaired) electrons. The van der Waals surface area contributed by atoms with Crippen molar-refractivity contribution in [1.82, 2.24) is 0 Å². The summed E-state index contributed by atoms with van der Waals surface area (Å²) in [6.07, 6.45) is 12.9. The average molecular weight is 298 g/mol. The summed E-state index contributed by atoms with van der Waals surface area (Å²) in [7, 11) is 0. The van der Waals surface area contributed by atoms with Crippen LogP contribution in [0.1, 0.15) is 82.9 Å². The Morgan fingerprint density at radius 1 is 0.864 bits per heavy atom. The van der Waals surface area contributed by atoms with Crippen molar-refractivity contribution in [3.63, 3.8) is 0 Å². The minimum atomic E-state index is -0.202. The third-order valence-corrected chi connectivity index (χ3v) is 3.74. The zero-order valence-electron chi connectivity index (χ0n) is 15.5. The van der Waals surface area contributed by atoms with Gasteiger partial charge in [-0.2, -0.15) is 0 Å². The molecule has 1 aromatic rings. The Bertz CT molecular complexity index is 371. The van der Waals surface area contributed by atoms with Gasteiger partial charge in [-0.3, -0.25) is 0 Å². The molecule has 1 aromatic carbocycles. The van der Waals surface area contributed by atoms with Crippen LogP contribution < -0.4 is 18.9 Å². The van der Waals surface area contributed by atoms with Gasteiger partial charge in [0.25, 0.3) is 0 Å². The van der Waals surface area contributed by atoms with Gasteiger partial charge >= 0.3 is 24.8 Å². The van der Waals surface area contributed by atoms with E-state index in [1.807, 2.05) is 18.2 Å². The van der Waals surface area contributed by atoms with Crippen LogP contribution in [0.3, 0.4) is 0 Å². The van der Waals surface area contributed by atoms with E-state index in [9.17, 15) is 4.79 Å². The van der Waals surface area contributed by atoms with Crippen LogP contribution in [0.25, 0.3) is 0 Å². The van der Waals surface area contributed by atoms with Gasteiger partial charge < -0.3 is 6.16 Å². The molecule has 0 unspecified atom stereocenters. The van der Waals surface area contributed by atoms with Gasteiger partial charge in [-0.15, -0.1) is 0 Å². The quantitative estimate of drug-likeness (QED) is 0.337. The van der Waals surface area contributed by atoms with E-state index in [4.69, 9.17) is 4.74 Å². The standard InChI is InChI=1S/C19H30O2.Li.H/c1-2-3-4-5-6-7-8-9-10-14-17-21-19(20)18-15-12-11-13-16-18;;/h11-13,15-16H,2-10,14,17H2,1H3;;/q;+1;-1. The summed E-state index contributed by atoms with van der Waals surface area (Å²) in [4.78, 5) is 11.7. The van der Waals surface area contributed by atoms with Crippen molar-refractivity contribution >= 4 is 5.97 Å². The van der Waals surface area contributed by atoms with Crippen LogP contribution in [0.2, 0.25) is 0 Å². The molecule has 0 heterocycles. The van der Waals surface area contributed by atoms with Crippen LogP contribution in [0.5, 0.6) is 0 Å². The van der Waals surface area contributed by atoms with Crippen LogP contribution in [-0.2, 0) is 4.74 Å². The Morgan fingerprint density at radius 3 is 1.91 bits per heavy atom. The fourth-order valence-corrected chi connectivity index (χ4v) is 2.41. The van der Waals surface area contributed by atoms with Crippen LogP contribution >= 0.6 is 0 Å². The van der Waals surface area contributed by atoms with Gasteiger partial charge in [0.2, 0.25) is 0 Å². The fourth-order valence-electron chi connectivity index (χ4n) is 2.41. The largest absolute Gasteiger partial charge is 1.00 e. The molecule has 0 aliphatic heterocycles. The Hall–Kier alpha value is -0.713. The third kappa shape index (κ3) is 10.9. The molecule has 0 aliphatic rings. The second-order valence-electron chi connectivity index (χ2n) is 5.68. The summed E-state index contributed by atoms with van der Waals surface area (Å²) in [6.45, 7) is 2.80. The van der Waals surface area contributed by atoms with E-state index < -0.39 is 0 Å². The SMILES string of the molecule is CCCCCCCCCCCCOC(=O)c1ccccc1.[H-].[Li+]. The number of hydrogen-bond acceptors (Lipinski definition) is 2. The second kappa shape index (κ2) is 15.2. The first-order valence-electron chi connectivity index (χ1n) is 8.56. The Labute approximate surface area is 149 Å². The number of unbranched alkanes of at least 4 members (excludes halogenated alkanes) is 9. The molecule has 0 amide bonds. The van der Waals surface area contributed by atoms with E-state index >= 15 is 0 Å². The first-order valence-corrected chi connectivity index (χ1v) is 8.56. The second-order valence-corrected chi connectivity index (χ2v) is 5.68. The first-order chi connectivity index (χ1) is 10.3. The zero-order chi connectivity index (χ0) is 15.2. The predicted octanol–water partition coefficient (Wildman–Crippen LogP) is 2.88. The van der Waals surface area contributed by atoms with Gasteiger partial charge in [0.15, 0.2) is 0 Å². The van der Waals surface area contributed by atoms with E-state index in [0.29, 0.717) is 12.2 Å². The maximum atomic E-state index is 11.7. The van der Waals surface area contributed by atoms with Crippen LogP contribution in [-0.4, -0.2) is 12.6 Å². The summed E-state index contributed by atoms with van der Waals surface area (Å²) >= 11 is 0. The molecular weight excluding hydrogens is 267 g/mol. The van der Waals surface area contributed by atoms with Crippen LogP contribution in [0.4, 0.5) is 0 Å². The Kier molecular flexibility index (Phi) is 14.7. The topological polar surface area (TPSA) is 26.3 Å². The number of carbonyl (C=O) groups is 1. The molecule has 2 nitrogen and oxygen atoms in total. The number of carbonyl (C=O) groups excluding carboxylic acids is 1. The van der Waals surface area contributed by atoms with E-state index in [1.54, 1.807) is 12.1 Å². The average Bonchev–Trinajstić information content (AvgIpc) is 2.53. The Morgan fingerprint density at radius 2 is 1.36 bits per heavy atom. The third-order valence-electron chi connectivity index (χ3n) is 3.74. The molecule has 1 rings (SSSR count). The predicted molar refractivity (Wildman–Crippen MR) is 89.7 cm³/mol. The minimum Gasteiger partial charge on any atom is -1.00 e. The summed E-state index contributed by atoms with van der Waals surface area (Å²) in [5.41, 5.74) is 0.643. The van der Waals surface area contributed by atoms with Crippen molar-refractivity contribution in [2.75, 3.05) is 6.61 Å². The van der Waals surface area contributed by atoms with Crippen molar-refractivity contribution in [3.05, 3.63) is 35.9 Å². The molecule has 0 saturated carbocycles. The van der Waals surface area contributed by atoms with Crippen LogP contribution in [0, 0.1) is 0 Å². The van der Waals surface area contributed by atoms with E-state index in [-0.39, 0.29) is 26.3 Å². The number of esters is 1. The van der Waals surface area contributed by atoms with Gasteiger partial charge in [-0.1, -0.05) is 82.9 Å². The monoisotopic (exact) mass is 298 g/mol. The minimum absolute atomic E-state index is 0. The van der Waals surface area contributed by atoms with E-state index in [0.717, 1.165) is 12.8 Å². The zero-order valence-corrected chi connectivity index (χ0v) is 14.5. The molecule has 120 valence electrons. The van der Waals surface area contributed by atoms with E-state index in [1.165, 1.54) is 51.4 Å². The molecule has 0 fully saturated rings. The maximum Gasteiger partial charge on any atom is 1.00 e. The summed E-state index contributed by atoms with van der Waals surface area (Å²) in [5, 5.41) is 0. The molecule has 3 heteroatoms. The molecule has 0 aliphatic carbocycles.